The van der Waals surface area contributed by atoms with Gasteiger partial charge in [0.15, 0.2) is 0 Å². The van der Waals surface area contributed by atoms with Crippen molar-refractivity contribution in [3.05, 3.63) is 23.8 Å². The van der Waals surface area contributed by atoms with Crippen LogP contribution in [0.2, 0.25) is 0 Å². The fourth-order valence-corrected chi connectivity index (χ4v) is 1.48. The number of halogens is 3. The molecule has 0 spiro atoms. The van der Waals surface area contributed by atoms with Crippen LogP contribution in [0.15, 0.2) is 18.2 Å². The summed E-state index contributed by atoms with van der Waals surface area (Å²) >= 11 is 0. The Morgan fingerprint density at radius 1 is 1.24 bits per heavy atom. The minimum Gasteiger partial charge on any atom is -0.493 e. The largest absolute Gasteiger partial charge is 0.573 e. The van der Waals surface area contributed by atoms with Crippen molar-refractivity contribution in [2.45, 2.75) is 26.1 Å². The molecule has 2 rings (SSSR count). The van der Waals surface area contributed by atoms with Crippen molar-refractivity contribution < 1.29 is 22.6 Å². The first kappa shape index (κ1) is 12.1. The normalized spacial score (nSPS) is 15.8. The molecule has 0 aliphatic heterocycles. The SMILES string of the molecule is Cc1c(OCC2CC2)cccc1OC(F)(F)F. The Labute approximate surface area is 97.3 Å². The highest BCUT2D eigenvalue weighted by Crippen LogP contribution is 2.34. The van der Waals surface area contributed by atoms with Gasteiger partial charge in [-0.3, -0.25) is 0 Å². The molecule has 17 heavy (non-hydrogen) atoms. The molecule has 1 aliphatic carbocycles. The molecule has 0 heterocycles. The third kappa shape index (κ3) is 3.54. The third-order valence-corrected chi connectivity index (χ3v) is 2.63. The van der Waals surface area contributed by atoms with E-state index in [2.05, 4.69) is 4.74 Å². The fourth-order valence-electron chi connectivity index (χ4n) is 1.48. The summed E-state index contributed by atoms with van der Waals surface area (Å²) in [4.78, 5) is 0. The first-order valence-electron chi connectivity index (χ1n) is 5.44. The van der Waals surface area contributed by atoms with Crippen molar-refractivity contribution in [1.82, 2.24) is 0 Å². The van der Waals surface area contributed by atoms with Crippen molar-refractivity contribution in [1.29, 1.82) is 0 Å². The van der Waals surface area contributed by atoms with Gasteiger partial charge in [-0.2, -0.15) is 0 Å². The fraction of sp³-hybridized carbons (Fsp3) is 0.500. The van der Waals surface area contributed by atoms with Gasteiger partial charge in [0.25, 0.3) is 0 Å². The zero-order valence-corrected chi connectivity index (χ0v) is 9.38. The summed E-state index contributed by atoms with van der Waals surface area (Å²) in [5.74, 6) is 0.811. The molecule has 0 bridgehead atoms. The number of ether oxygens (including phenoxy) is 2. The number of alkyl halides is 3. The number of benzene rings is 1. The Hall–Kier alpha value is -1.39. The molecule has 1 aliphatic rings. The van der Waals surface area contributed by atoms with Crippen LogP contribution >= 0.6 is 0 Å². The number of hydrogen-bond acceptors (Lipinski definition) is 2. The van der Waals surface area contributed by atoms with Crippen LogP contribution in [0.3, 0.4) is 0 Å². The van der Waals surface area contributed by atoms with Crippen LogP contribution in [-0.2, 0) is 0 Å². The average molecular weight is 246 g/mol. The third-order valence-electron chi connectivity index (χ3n) is 2.63. The Kier molecular flexibility index (Phi) is 3.17. The second kappa shape index (κ2) is 4.47. The Morgan fingerprint density at radius 3 is 2.47 bits per heavy atom. The van der Waals surface area contributed by atoms with E-state index in [0.29, 0.717) is 23.8 Å². The summed E-state index contributed by atoms with van der Waals surface area (Å²) in [6.07, 6.45) is -2.39. The molecule has 0 N–H and O–H groups in total. The minimum atomic E-state index is -4.67. The van der Waals surface area contributed by atoms with E-state index in [-0.39, 0.29) is 5.75 Å². The predicted octanol–water partition coefficient (Wildman–Crippen LogP) is 3.68. The number of rotatable bonds is 4. The molecule has 0 aromatic heterocycles. The summed E-state index contributed by atoms with van der Waals surface area (Å²) in [6, 6.07) is 4.43. The predicted molar refractivity (Wildman–Crippen MR) is 56.1 cm³/mol. The van der Waals surface area contributed by atoms with Crippen LogP contribution in [0, 0.1) is 12.8 Å². The van der Waals surface area contributed by atoms with Crippen molar-refractivity contribution in [3.8, 4) is 11.5 Å². The summed E-state index contributed by atoms with van der Waals surface area (Å²) in [6.45, 7) is 2.12. The molecule has 1 aromatic rings. The van der Waals surface area contributed by atoms with Crippen LogP contribution < -0.4 is 9.47 Å². The van der Waals surface area contributed by atoms with Crippen LogP contribution in [0.25, 0.3) is 0 Å². The average Bonchev–Trinajstić information content (AvgIpc) is 3.01. The molecule has 0 saturated heterocycles. The number of hydrogen-bond donors (Lipinski definition) is 0. The van der Waals surface area contributed by atoms with E-state index in [0.717, 1.165) is 12.8 Å². The van der Waals surface area contributed by atoms with E-state index < -0.39 is 6.36 Å². The van der Waals surface area contributed by atoms with Crippen LogP contribution in [0.1, 0.15) is 18.4 Å². The summed E-state index contributed by atoms with van der Waals surface area (Å²) in [7, 11) is 0. The molecule has 0 unspecified atom stereocenters. The molecule has 0 radical (unpaired) electrons. The molecular formula is C12H13F3O2. The molecule has 1 fully saturated rings. The highest BCUT2D eigenvalue weighted by molar-refractivity contribution is 5.43. The highest BCUT2D eigenvalue weighted by Gasteiger charge is 2.32. The minimum absolute atomic E-state index is 0.203. The lowest BCUT2D eigenvalue weighted by Crippen LogP contribution is -2.18. The Morgan fingerprint density at radius 2 is 1.88 bits per heavy atom. The molecule has 1 aromatic carbocycles. The van der Waals surface area contributed by atoms with Gasteiger partial charge in [-0.1, -0.05) is 6.07 Å². The topological polar surface area (TPSA) is 18.5 Å². The zero-order chi connectivity index (χ0) is 12.5. The van der Waals surface area contributed by atoms with Gasteiger partial charge < -0.3 is 9.47 Å². The molecule has 0 atom stereocenters. The van der Waals surface area contributed by atoms with Gasteiger partial charge in [-0.25, -0.2) is 0 Å². The second-order valence-electron chi connectivity index (χ2n) is 4.18. The molecule has 94 valence electrons. The van der Waals surface area contributed by atoms with Gasteiger partial charge in [-0.05, 0) is 37.8 Å². The molecule has 0 amide bonds. The Balaban J connectivity index is 2.08. The van der Waals surface area contributed by atoms with E-state index in [1.165, 1.54) is 12.1 Å². The smallest absolute Gasteiger partial charge is 0.493 e. The van der Waals surface area contributed by atoms with Crippen LogP contribution in [0.4, 0.5) is 13.2 Å². The van der Waals surface area contributed by atoms with Gasteiger partial charge in [0.2, 0.25) is 0 Å². The van der Waals surface area contributed by atoms with Gasteiger partial charge in [0, 0.05) is 5.56 Å². The monoisotopic (exact) mass is 246 g/mol. The van der Waals surface area contributed by atoms with Gasteiger partial charge in [0.05, 0.1) is 6.61 Å². The zero-order valence-electron chi connectivity index (χ0n) is 9.38. The maximum Gasteiger partial charge on any atom is 0.573 e. The maximum absolute atomic E-state index is 12.1. The van der Waals surface area contributed by atoms with E-state index in [4.69, 9.17) is 4.74 Å². The standard InChI is InChI=1S/C12H13F3O2/c1-8-10(16-7-9-5-6-9)3-2-4-11(8)17-12(13,14)15/h2-4,9H,5-7H2,1H3. The quantitative estimate of drug-likeness (QED) is 0.806. The van der Waals surface area contributed by atoms with Gasteiger partial charge in [0.1, 0.15) is 11.5 Å². The highest BCUT2D eigenvalue weighted by atomic mass is 19.4. The van der Waals surface area contributed by atoms with E-state index in [1.807, 2.05) is 0 Å². The van der Waals surface area contributed by atoms with Crippen LogP contribution in [0.5, 0.6) is 11.5 Å². The maximum atomic E-state index is 12.1. The van der Waals surface area contributed by atoms with Gasteiger partial charge in [-0.15, -0.1) is 13.2 Å². The molecule has 2 nitrogen and oxygen atoms in total. The van der Waals surface area contributed by atoms with Crippen molar-refractivity contribution in [3.63, 3.8) is 0 Å². The molecular weight excluding hydrogens is 233 g/mol. The lowest BCUT2D eigenvalue weighted by Gasteiger charge is -2.14. The molecule has 5 heteroatoms. The van der Waals surface area contributed by atoms with Crippen molar-refractivity contribution in [2.24, 2.45) is 5.92 Å². The van der Waals surface area contributed by atoms with Crippen LogP contribution in [-0.4, -0.2) is 13.0 Å². The van der Waals surface area contributed by atoms with Gasteiger partial charge >= 0.3 is 6.36 Å². The Bertz CT molecular complexity index is 397. The van der Waals surface area contributed by atoms with E-state index in [9.17, 15) is 13.2 Å². The second-order valence-corrected chi connectivity index (χ2v) is 4.18. The summed E-state index contributed by atoms with van der Waals surface area (Å²) in [5, 5.41) is 0. The first-order chi connectivity index (χ1) is 7.96. The lowest BCUT2D eigenvalue weighted by molar-refractivity contribution is -0.274. The summed E-state index contributed by atoms with van der Waals surface area (Å²) < 4.78 is 45.7. The van der Waals surface area contributed by atoms with Crippen molar-refractivity contribution >= 4 is 0 Å². The van der Waals surface area contributed by atoms with E-state index in [1.54, 1.807) is 13.0 Å². The summed E-state index contributed by atoms with van der Waals surface area (Å²) in [5.41, 5.74) is 0.380. The van der Waals surface area contributed by atoms with E-state index >= 15 is 0 Å². The van der Waals surface area contributed by atoms with Crippen molar-refractivity contribution in [2.75, 3.05) is 6.61 Å². The first-order valence-corrected chi connectivity index (χ1v) is 5.44. The molecule has 1 saturated carbocycles. The lowest BCUT2D eigenvalue weighted by atomic mass is 10.2.